The van der Waals surface area contributed by atoms with Gasteiger partial charge in [-0.3, -0.25) is 4.79 Å². The lowest BCUT2D eigenvalue weighted by Crippen LogP contribution is -2.09. The Labute approximate surface area is 95.7 Å². The van der Waals surface area contributed by atoms with E-state index < -0.39 is 0 Å². The zero-order valence-electron chi connectivity index (χ0n) is 9.83. The zero-order valence-corrected chi connectivity index (χ0v) is 9.83. The third kappa shape index (κ3) is 2.60. The molecule has 0 aromatic heterocycles. The summed E-state index contributed by atoms with van der Waals surface area (Å²) in [5.74, 6) is -0.227. The van der Waals surface area contributed by atoms with Crippen molar-refractivity contribution in [1.29, 1.82) is 5.26 Å². The van der Waals surface area contributed by atoms with E-state index in [0.717, 1.165) is 16.7 Å². The number of carbonyl (C=O) groups excluding carboxylic acids is 1. The molecule has 1 aromatic carbocycles. The lowest BCUT2D eigenvalue weighted by molar-refractivity contribution is -0.142. The van der Waals surface area contributed by atoms with Gasteiger partial charge in [0.05, 0.1) is 24.7 Å². The first-order chi connectivity index (χ1) is 7.60. The van der Waals surface area contributed by atoms with Crippen molar-refractivity contribution in [2.75, 3.05) is 6.61 Å². The molecule has 0 atom stereocenters. The fraction of sp³-hybridized carbons (Fsp3) is 0.385. The van der Waals surface area contributed by atoms with Gasteiger partial charge in [-0.2, -0.15) is 5.26 Å². The second-order valence-electron chi connectivity index (χ2n) is 3.62. The first kappa shape index (κ1) is 12.3. The van der Waals surface area contributed by atoms with Gasteiger partial charge in [0.2, 0.25) is 0 Å². The van der Waals surface area contributed by atoms with E-state index >= 15 is 0 Å². The van der Waals surface area contributed by atoms with Crippen LogP contribution in [0.2, 0.25) is 0 Å². The third-order valence-electron chi connectivity index (χ3n) is 2.66. The smallest absolute Gasteiger partial charge is 0.310 e. The Kier molecular flexibility index (Phi) is 4.07. The van der Waals surface area contributed by atoms with Crippen molar-refractivity contribution in [2.45, 2.75) is 27.2 Å². The van der Waals surface area contributed by atoms with Crippen LogP contribution in [0.1, 0.15) is 29.2 Å². The molecule has 0 saturated heterocycles. The number of esters is 1. The number of hydrogen-bond acceptors (Lipinski definition) is 3. The summed E-state index contributed by atoms with van der Waals surface area (Å²) >= 11 is 0. The monoisotopic (exact) mass is 217 g/mol. The van der Waals surface area contributed by atoms with Gasteiger partial charge in [0.15, 0.2) is 0 Å². The normalized spacial score (nSPS) is 9.62. The average Bonchev–Trinajstić information content (AvgIpc) is 2.25. The highest BCUT2D eigenvalue weighted by Gasteiger charge is 2.10. The van der Waals surface area contributed by atoms with E-state index in [0.29, 0.717) is 12.2 Å². The van der Waals surface area contributed by atoms with Crippen LogP contribution in [0.4, 0.5) is 0 Å². The third-order valence-corrected chi connectivity index (χ3v) is 2.66. The zero-order chi connectivity index (χ0) is 12.1. The van der Waals surface area contributed by atoms with Crippen LogP contribution >= 0.6 is 0 Å². The molecule has 0 amide bonds. The van der Waals surface area contributed by atoms with Crippen molar-refractivity contribution in [1.82, 2.24) is 0 Å². The summed E-state index contributed by atoms with van der Waals surface area (Å²) < 4.78 is 4.89. The van der Waals surface area contributed by atoms with Crippen LogP contribution in [-0.4, -0.2) is 12.6 Å². The summed E-state index contributed by atoms with van der Waals surface area (Å²) in [6.45, 7) is 6.00. The van der Waals surface area contributed by atoms with Gasteiger partial charge in [-0.25, -0.2) is 0 Å². The van der Waals surface area contributed by atoms with Gasteiger partial charge in [-0.1, -0.05) is 6.07 Å². The molecule has 0 fully saturated rings. The van der Waals surface area contributed by atoms with Crippen molar-refractivity contribution in [3.63, 3.8) is 0 Å². The quantitative estimate of drug-likeness (QED) is 0.730. The van der Waals surface area contributed by atoms with Crippen LogP contribution in [0.3, 0.4) is 0 Å². The molecule has 1 aromatic rings. The molecule has 0 N–H and O–H groups in total. The van der Waals surface area contributed by atoms with Gasteiger partial charge in [-0.05, 0) is 43.5 Å². The van der Waals surface area contributed by atoms with Crippen LogP contribution in [-0.2, 0) is 16.0 Å². The maximum Gasteiger partial charge on any atom is 0.310 e. The van der Waals surface area contributed by atoms with Crippen LogP contribution in [0, 0.1) is 25.2 Å². The summed E-state index contributed by atoms with van der Waals surface area (Å²) in [7, 11) is 0. The maximum atomic E-state index is 11.3. The Morgan fingerprint density at radius 2 is 2.06 bits per heavy atom. The minimum Gasteiger partial charge on any atom is -0.466 e. The molecule has 1 rings (SSSR count). The van der Waals surface area contributed by atoms with Gasteiger partial charge in [0.1, 0.15) is 0 Å². The highest BCUT2D eigenvalue weighted by Crippen LogP contribution is 2.17. The maximum absolute atomic E-state index is 11.3. The van der Waals surface area contributed by atoms with Gasteiger partial charge < -0.3 is 4.74 Å². The number of hydrogen-bond donors (Lipinski definition) is 0. The summed E-state index contributed by atoms with van der Waals surface area (Å²) in [4.78, 5) is 11.3. The fourth-order valence-electron chi connectivity index (χ4n) is 1.56. The van der Waals surface area contributed by atoms with Crippen LogP contribution in [0.15, 0.2) is 12.1 Å². The van der Waals surface area contributed by atoms with Crippen LogP contribution < -0.4 is 0 Å². The molecule has 0 spiro atoms. The van der Waals surface area contributed by atoms with Crippen molar-refractivity contribution in [3.8, 4) is 6.07 Å². The standard InChI is InChI=1S/C13H15NO2/c1-4-16-13(15)7-11-5-6-12(8-14)10(3)9(11)2/h5-6H,4,7H2,1-3H3. The van der Waals surface area contributed by atoms with Gasteiger partial charge >= 0.3 is 5.97 Å². The predicted molar refractivity (Wildman–Crippen MR) is 61.0 cm³/mol. The Morgan fingerprint density at radius 3 is 2.62 bits per heavy atom. The van der Waals surface area contributed by atoms with E-state index in [1.54, 1.807) is 13.0 Å². The molecular formula is C13H15NO2. The molecule has 84 valence electrons. The van der Waals surface area contributed by atoms with E-state index in [1.165, 1.54) is 0 Å². The molecule has 0 unspecified atom stereocenters. The molecule has 3 nitrogen and oxygen atoms in total. The number of ether oxygens (including phenoxy) is 1. The summed E-state index contributed by atoms with van der Waals surface area (Å²) in [5, 5.41) is 8.86. The van der Waals surface area contributed by atoms with E-state index in [4.69, 9.17) is 10.00 Å². The Hall–Kier alpha value is -1.82. The molecule has 0 radical (unpaired) electrons. The average molecular weight is 217 g/mol. The molecule has 0 aliphatic heterocycles. The summed E-state index contributed by atoms with van der Waals surface area (Å²) in [6, 6.07) is 5.69. The second kappa shape index (κ2) is 5.32. The number of rotatable bonds is 3. The van der Waals surface area contributed by atoms with Crippen molar-refractivity contribution < 1.29 is 9.53 Å². The van der Waals surface area contributed by atoms with E-state index in [-0.39, 0.29) is 12.4 Å². The Bertz CT molecular complexity index is 444. The van der Waals surface area contributed by atoms with E-state index in [2.05, 4.69) is 6.07 Å². The molecule has 0 bridgehead atoms. The number of nitrogens with zero attached hydrogens (tertiary/aromatic N) is 1. The van der Waals surface area contributed by atoms with Crippen LogP contribution in [0.5, 0.6) is 0 Å². The Morgan fingerprint density at radius 1 is 1.38 bits per heavy atom. The highest BCUT2D eigenvalue weighted by molar-refractivity contribution is 5.73. The molecular weight excluding hydrogens is 202 g/mol. The molecule has 0 aliphatic rings. The predicted octanol–water partition coefficient (Wildman–Crippen LogP) is 2.28. The molecule has 3 heteroatoms. The number of carbonyl (C=O) groups is 1. The molecule has 16 heavy (non-hydrogen) atoms. The molecule has 0 aliphatic carbocycles. The summed E-state index contributed by atoms with van der Waals surface area (Å²) in [6.07, 6.45) is 0.270. The van der Waals surface area contributed by atoms with E-state index in [1.807, 2.05) is 19.9 Å². The number of nitriles is 1. The van der Waals surface area contributed by atoms with Crippen LogP contribution in [0.25, 0.3) is 0 Å². The summed E-state index contributed by atoms with van der Waals surface area (Å²) in [5.41, 5.74) is 3.51. The SMILES string of the molecule is CCOC(=O)Cc1ccc(C#N)c(C)c1C. The minimum absolute atomic E-state index is 0.227. The highest BCUT2D eigenvalue weighted by atomic mass is 16.5. The molecule has 0 heterocycles. The van der Waals surface area contributed by atoms with Gasteiger partial charge in [0.25, 0.3) is 0 Å². The Balaban J connectivity index is 2.96. The van der Waals surface area contributed by atoms with E-state index in [9.17, 15) is 4.79 Å². The van der Waals surface area contributed by atoms with Crippen molar-refractivity contribution >= 4 is 5.97 Å². The first-order valence-corrected chi connectivity index (χ1v) is 5.25. The lowest BCUT2D eigenvalue weighted by atomic mass is 9.97. The first-order valence-electron chi connectivity index (χ1n) is 5.25. The van der Waals surface area contributed by atoms with Crippen molar-refractivity contribution in [3.05, 3.63) is 34.4 Å². The van der Waals surface area contributed by atoms with Crippen molar-refractivity contribution in [2.24, 2.45) is 0 Å². The molecule has 0 saturated carbocycles. The van der Waals surface area contributed by atoms with Gasteiger partial charge in [-0.15, -0.1) is 0 Å². The second-order valence-corrected chi connectivity index (χ2v) is 3.62. The lowest BCUT2D eigenvalue weighted by Gasteiger charge is -2.09. The van der Waals surface area contributed by atoms with Gasteiger partial charge in [0, 0.05) is 0 Å². The number of benzene rings is 1. The fourth-order valence-corrected chi connectivity index (χ4v) is 1.56. The largest absolute Gasteiger partial charge is 0.466 e. The minimum atomic E-state index is -0.227. The topological polar surface area (TPSA) is 50.1 Å².